The maximum Gasteiger partial charge on any atom is 0.242 e. The Balaban J connectivity index is 1.65. The van der Waals surface area contributed by atoms with E-state index in [1.807, 2.05) is 6.92 Å². The molecule has 172 valence electrons. The van der Waals surface area contributed by atoms with Crippen molar-refractivity contribution in [3.05, 3.63) is 24.0 Å². The molecular weight excluding hydrogens is 414 g/mol. The molecule has 1 amide bonds. The van der Waals surface area contributed by atoms with Crippen molar-refractivity contribution in [1.82, 2.24) is 24.1 Å². The van der Waals surface area contributed by atoms with Gasteiger partial charge in [-0.2, -0.15) is 0 Å². The van der Waals surface area contributed by atoms with Crippen molar-refractivity contribution < 1.29 is 13.2 Å². The third kappa shape index (κ3) is 5.45. The zero-order valence-electron chi connectivity index (χ0n) is 19.1. The highest BCUT2D eigenvalue weighted by Gasteiger charge is 2.22. The Kier molecular flexibility index (Phi) is 7.72. The number of hydrogen-bond acceptors (Lipinski definition) is 5. The summed E-state index contributed by atoms with van der Waals surface area (Å²) in [6, 6.07) is 5.29. The summed E-state index contributed by atoms with van der Waals surface area (Å²) in [6.45, 7) is 8.15. The molecule has 0 spiro atoms. The van der Waals surface area contributed by atoms with Gasteiger partial charge in [-0.25, -0.2) is 17.7 Å². The van der Waals surface area contributed by atoms with Gasteiger partial charge < -0.3 is 14.8 Å². The summed E-state index contributed by atoms with van der Waals surface area (Å²) in [4.78, 5) is 19.9. The van der Waals surface area contributed by atoms with E-state index in [1.54, 1.807) is 18.2 Å². The highest BCUT2D eigenvalue weighted by Crippen LogP contribution is 2.23. The predicted octanol–water partition coefficient (Wildman–Crippen LogP) is 2.23. The molecule has 0 bridgehead atoms. The maximum absolute atomic E-state index is 12.5. The molecule has 1 aliphatic rings. The predicted molar refractivity (Wildman–Crippen MR) is 122 cm³/mol. The molecule has 0 radical (unpaired) electrons. The van der Waals surface area contributed by atoms with Gasteiger partial charge in [0.25, 0.3) is 0 Å². The van der Waals surface area contributed by atoms with Crippen molar-refractivity contribution in [3.63, 3.8) is 0 Å². The number of nitrogens with one attached hydrogen (secondary N) is 1. The largest absolute Gasteiger partial charge is 0.353 e. The second kappa shape index (κ2) is 10.1. The van der Waals surface area contributed by atoms with Gasteiger partial charge >= 0.3 is 0 Å². The van der Waals surface area contributed by atoms with Crippen LogP contribution in [0.2, 0.25) is 0 Å². The molecule has 1 aromatic carbocycles. The van der Waals surface area contributed by atoms with Crippen molar-refractivity contribution in [2.75, 3.05) is 33.7 Å². The van der Waals surface area contributed by atoms with Gasteiger partial charge in [0.05, 0.1) is 15.9 Å². The van der Waals surface area contributed by atoms with Gasteiger partial charge in [0.2, 0.25) is 15.9 Å². The van der Waals surface area contributed by atoms with E-state index in [0.717, 1.165) is 50.2 Å². The number of rotatable bonds is 9. The van der Waals surface area contributed by atoms with Crippen molar-refractivity contribution in [2.45, 2.75) is 63.4 Å². The third-order valence-electron chi connectivity index (χ3n) is 5.96. The standard InChI is InChI=1S/C22H35N5O3S/c1-5-13-26-14-11-17(12-15-26)23-22(28)10-9-21-24-19-16-18(31(29,30)25(3)4)7-8-20(19)27(21)6-2/h7-8,16-17H,5-6,9-15H2,1-4H3,(H,23,28). The monoisotopic (exact) mass is 449 g/mol. The molecule has 1 saturated heterocycles. The highest BCUT2D eigenvalue weighted by atomic mass is 32.2. The van der Waals surface area contributed by atoms with Crippen LogP contribution < -0.4 is 5.32 Å². The lowest BCUT2D eigenvalue weighted by Gasteiger charge is -2.32. The van der Waals surface area contributed by atoms with E-state index in [2.05, 4.69) is 26.7 Å². The first-order valence-electron chi connectivity index (χ1n) is 11.2. The van der Waals surface area contributed by atoms with E-state index in [1.165, 1.54) is 18.4 Å². The van der Waals surface area contributed by atoms with Crippen LogP contribution >= 0.6 is 0 Å². The lowest BCUT2D eigenvalue weighted by atomic mass is 10.0. The molecule has 9 heteroatoms. The molecule has 1 N–H and O–H groups in total. The number of aryl methyl sites for hydroxylation is 2. The zero-order chi connectivity index (χ0) is 22.6. The lowest BCUT2D eigenvalue weighted by molar-refractivity contribution is -0.122. The van der Waals surface area contributed by atoms with Crippen LogP contribution in [0.15, 0.2) is 23.1 Å². The number of amides is 1. The number of likely N-dealkylation sites (tertiary alicyclic amines) is 1. The summed E-state index contributed by atoms with van der Waals surface area (Å²) in [5.74, 6) is 0.865. The quantitative estimate of drug-likeness (QED) is 0.634. The van der Waals surface area contributed by atoms with Crippen LogP contribution in [0.25, 0.3) is 11.0 Å². The van der Waals surface area contributed by atoms with Crippen LogP contribution in [0.4, 0.5) is 0 Å². The molecular formula is C22H35N5O3S. The van der Waals surface area contributed by atoms with Gasteiger partial charge in [0.1, 0.15) is 5.82 Å². The van der Waals surface area contributed by atoms with Crippen LogP contribution in [-0.4, -0.2) is 72.9 Å². The molecule has 1 aliphatic heterocycles. The Hall–Kier alpha value is -1.97. The van der Waals surface area contributed by atoms with Crippen molar-refractivity contribution in [2.24, 2.45) is 0 Å². The molecule has 2 heterocycles. The number of carbonyl (C=O) groups is 1. The van der Waals surface area contributed by atoms with E-state index in [0.29, 0.717) is 24.9 Å². The Morgan fingerprint density at radius 2 is 1.94 bits per heavy atom. The molecule has 0 atom stereocenters. The van der Waals surface area contributed by atoms with Crippen LogP contribution in [0.5, 0.6) is 0 Å². The molecule has 2 aromatic rings. The first kappa shape index (κ1) is 23.7. The van der Waals surface area contributed by atoms with Gasteiger partial charge in [-0.1, -0.05) is 6.92 Å². The number of benzene rings is 1. The summed E-state index contributed by atoms with van der Waals surface area (Å²) in [5, 5.41) is 3.18. The Morgan fingerprint density at radius 1 is 1.23 bits per heavy atom. The van der Waals surface area contributed by atoms with Crippen molar-refractivity contribution in [1.29, 1.82) is 0 Å². The second-order valence-electron chi connectivity index (χ2n) is 8.39. The van der Waals surface area contributed by atoms with E-state index in [4.69, 9.17) is 0 Å². The molecule has 1 fully saturated rings. The summed E-state index contributed by atoms with van der Waals surface area (Å²) >= 11 is 0. The number of piperidine rings is 1. The molecule has 3 rings (SSSR count). The van der Waals surface area contributed by atoms with Gasteiger partial charge in [0, 0.05) is 52.6 Å². The Labute approximate surface area is 185 Å². The maximum atomic E-state index is 12.5. The smallest absolute Gasteiger partial charge is 0.242 e. The van der Waals surface area contributed by atoms with Crippen LogP contribution in [0, 0.1) is 0 Å². The molecule has 8 nitrogen and oxygen atoms in total. The van der Waals surface area contributed by atoms with Crippen LogP contribution in [-0.2, 0) is 27.8 Å². The third-order valence-corrected chi connectivity index (χ3v) is 7.77. The minimum atomic E-state index is -3.51. The minimum absolute atomic E-state index is 0.0551. The lowest BCUT2D eigenvalue weighted by Crippen LogP contribution is -2.44. The number of fused-ring (bicyclic) bond motifs is 1. The van der Waals surface area contributed by atoms with Gasteiger partial charge in [-0.15, -0.1) is 0 Å². The van der Waals surface area contributed by atoms with Crippen molar-refractivity contribution >= 4 is 27.0 Å². The summed E-state index contributed by atoms with van der Waals surface area (Å²) in [5.41, 5.74) is 1.53. The fourth-order valence-electron chi connectivity index (χ4n) is 4.22. The first-order valence-corrected chi connectivity index (χ1v) is 12.6. The van der Waals surface area contributed by atoms with E-state index >= 15 is 0 Å². The number of nitrogens with zero attached hydrogens (tertiary/aromatic N) is 4. The SMILES string of the molecule is CCCN1CCC(NC(=O)CCc2nc3cc(S(=O)(=O)N(C)C)ccc3n2CC)CC1. The Bertz CT molecular complexity index is 1010. The van der Waals surface area contributed by atoms with Gasteiger partial charge in [-0.3, -0.25) is 4.79 Å². The molecule has 0 aliphatic carbocycles. The van der Waals surface area contributed by atoms with E-state index in [9.17, 15) is 13.2 Å². The van der Waals surface area contributed by atoms with E-state index in [-0.39, 0.29) is 16.8 Å². The molecule has 1 aromatic heterocycles. The molecule has 0 unspecified atom stereocenters. The summed E-state index contributed by atoms with van der Waals surface area (Å²) in [6.07, 6.45) is 4.07. The first-order chi connectivity index (χ1) is 14.8. The van der Waals surface area contributed by atoms with Crippen LogP contribution in [0.1, 0.15) is 45.4 Å². The number of carbonyl (C=O) groups excluding carboxylic acids is 1. The van der Waals surface area contributed by atoms with Gasteiger partial charge in [0.15, 0.2) is 0 Å². The normalized spacial score (nSPS) is 16.3. The van der Waals surface area contributed by atoms with Crippen molar-refractivity contribution in [3.8, 4) is 0 Å². The Morgan fingerprint density at radius 3 is 2.55 bits per heavy atom. The fraction of sp³-hybridized carbons (Fsp3) is 0.636. The topological polar surface area (TPSA) is 87.5 Å². The van der Waals surface area contributed by atoms with E-state index < -0.39 is 10.0 Å². The summed E-state index contributed by atoms with van der Waals surface area (Å²) in [7, 11) is -0.481. The number of aromatic nitrogens is 2. The zero-order valence-corrected chi connectivity index (χ0v) is 19.9. The molecule has 0 saturated carbocycles. The highest BCUT2D eigenvalue weighted by molar-refractivity contribution is 7.89. The summed E-state index contributed by atoms with van der Waals surface area (Å²) < 4.78 is 28.1. The fourth-order valence-corrected chi connectivity index (χ4v) is 5.14. The van der Waals surface area contributed by atoms with Gasteiger partial charge in [-0.05, 0) is 50.9 Å². The van der Waals surface area contributed by atoms with Crippen LogP contribution in [0.3, 0.4) is 0 Å². The average Bonchev–Trinajstić information content (AvgIpc) is 3.10. The second-order valence-corrected chi connectivity index (χ2v) is 10.5. The molecule has 31 heavy (non-hydrogen) atoms. The minimum Gasteiger partial charge on any atom is -0.353 e. The average molecular weight is 450 g/mol. The number of sulfonamides is 1. The number of hydrogen-bond donors (Lipinski definition) is 1. The number of imidazole rings is 1.